The molecule has 0 heterocycles. The molecule has 1 unspecified atom stereocenters. The molecule has 0 fully saturated rings. The highest BCUT2D eigenvalue weighted by Crippen LogP contribution is 2.02. The minimum atomic E-state index is -0.858. The first-order chi connectivity index (χ1) is 5.11. The lowest BCUT2D eigenvalue weighted by Crippen LogP contribution is -2.27. The molecule has 0 aliphatic carbocycles. The molecular weight excluding hydrogens is 150 g/mol. The van der Waals surface area contributed by atoms with Crippen LogP contribution in [0.2, 0.25) is 0 Å². The molecule has 0 aromatic carbocycles. The lowest BCUT2D eigenvalue weighted by atomic mass is 10.4. The number of nitrogens with two attached hydrogens (primary N) is 1. The van der Waals surface area contributed by atoms with Gasteiger partial charge in [-0.1, -0.05) is 0 Å². The van der Waals surface area contributed by atoms with Crippen molar-refractivity contribution in [3.05, 3.63) is 11.5 Å². The van der Waals surface area contributed by atoms with E-state index >= 15 is 0 Å². The summed E-state index contributed by atoms with van der Waals surface area (Å²) in [7, 11) is 0. The van der Waals surface area contributed by atoms with Gasteiger partial charge in [0.1, 0.15) is 12.4 Å². The van der Waals surface area contributed by atoms with Crippen molar-refractivity contribution in [1.29, 1.82) is 0 Å². The Bertz CT molecular complexity index is 146. The van der Waals surface area contributed by atoms with Crippen molar-refractivity contribution < 1.29 is 20.1 Å². The Kier molecular flexibility index (Phi) is 4.60. The van der Waals surface area contributed by atoms with Crippen molar-refractivity contribution in [3.63, 3.8) is 0 Å². The van der Waals surface area contributed by atoms with E-state index in [-0.39, 0.29) is 18.1 Å². The van der Waals surface area contributed by atoms with Crippen molar-refractivity contribution in [2.24, 2.45) is 5.73 Å². The Balaban J connectivity index is 3.94. The van der Waals surface area contributed by atoms with Gasteiger partial charge in [-0.2, -0.15) is 0 Å². The van der Waals surface area contributed by atoms with Gasteiger partial charge in [-0.25, -0.2) is 0 Å². The van der Waals surface area contributed by atoms with Crippen molar-refractivity contribution in [2.45, 2.75) is 13.2 Å². The van der Waals surface area contributed by atoms with Crippen molar-refractivity contribution >= 4 is 0 Å². The van der Waals surface area contributed by atoms with Gasteiger partial charge in [0, 0.05) is 0 Å². The third kappa shape index (κ3) is 3.82. The molecule has 0 saturated carbocycles. The number of ether oxygens (including phenoxy) is 1. The Morgan fingerprint density at radius 1 is 1.55 bits per heavy atom. The lowest BCUT2D eigenvalue weighted by Gasteiger charge is -2.12. The van der Waals surface area contributed by atoms with E-state index in [9.17, 15) is 0 Å². The number of aliphatic hydroxyl groups excluding tert-OH is 3. The van der Waals surface area contributed by atoms with E-state index in [0.717, 1.165) is 0 Å². The number of hydrogen-bond acceptors (Lipinski definition) is 5. The second-order valence-corrected chi connectivity index (χ2v) is 2.00. The van der Waals surface area contributed by atoms with E-state index in [1.165, 1.54) is 6.92 Å². The van der Waals surface area contributed by atoms with E-state index < -0.39 is 12.8 Å². The quantitative estimate of drug-likeness (QED) is 0.317. The van der Waals surface area contributed by atoms with Gasteiger partial charge in [0.15, 0.2) is 12.0 Å². The zero-order valence-corrected chi connectivity index (χ0v) is 6.32. The van der Waals surface area contributed by atoms with Gasteiger partial charge in [0.05, 0.1) is 6.61 Å². The molecular formula is C6H13NO4. The summed E-state index contributed by atoms with van der Waals surface area (Å²) in [6.45, 7) is 0.612. The van der Waals surface area contributed by atoms with Gasteiger partial charge in [0.25, 0.3) is 0 Å². The topological polar surface area (TPSA) is 95.9 Å². The molecule has 0 saturated heterocycles. The standard InChI is InChI=1S/C6H13NO4/c1-4(5(10)2-8)11-6(7)3-9/h6,8-10H,2-3,7H2,1H3/b5-4+. The summed E-state index contributed by atoms with van der Waals surface area (Å²) in [5.74, 6) is -0.164. The van der Waals surface area contributed by atoms with E-state index in [0.29, 0.717) is 0 Å². The Morgan fingerprint density at radius 2 is 2.09 bits per heavy atom. The number of aliphatic hydroxyl groups is 3. The van der Waals surface area contributed by atoms with Crippen LogP contribution in [0, 0.1) is 0 Å². The molecule has 0 aliphatic heterocycles. The number of hydrogen-bond donors (Lipinski definition) is 4. The molecule has 0 spiro atoms. The molecule has 0 amide bonds. The maximum Gasteiger partial charge on any atom is 0.170 e. The highest BCUT2D eigenvalue weighted by Gasteiger charge is 2.04. The summed E-state index contributed by atoms with van der Waals surface area (Å²) in [5, 5.41) is 25.7. The van der Waals surface area contributed by atoms with E-state index in [1.54, 1.807) is 0 Å². The zero-order valence-electron chi connectivity index (χ0n) is 6.32. The summed E-state index contributed by atoms with van der Waals surface area (Å²) in [6.07, 6.45) is -0.858. The maximum absolute atomic E-state index is 8.84. The van der Waals surface area contributed by atoms with E-state index in [2.05, 4.69) is 0 Å². The first-order valence-electron chi connectivity index (χ1n) is 3.14. The number of rotatable bonds is 4. The van der Waals surface area contributed by atoms with Crippen molar-refractivity contribution in [3.8, 4) is 0 Å². The van der Waals surface area contributed by atoms with Gasteiger partial charge < -0.3 is 20.1 Å². The molecule has 1 atom stereocenters. The highest BCUT2D eigenvalue weighted by atomic mass is 16.5. The SMILES string of the molecule is C/C(OC(N)CO)=C(\O)CO. The third-order valence-corrected chi connectivity index (χ3v) is 1.06. The number of allylic oxidation sites excluding steroid dienone is 1. The molecule has 0 aromatic rings. The molecule has 5 N–H and O–H groups in total. The van der Waals surface area contributed by atoms with Crippen LogP contribution in [0.4, 0.5) is 0 Å². The van der Waals surface area contributed by atoms with Gasteiger partial charge in [-0.15, -0.1) is 0 Å². The first kappa shape index (κ1) is 10.2. The van der Waals surface area contributed by atoms with E-state index in [1.807, 2.05) is 0 Å². The van der Waals surface area contributed by atoms with Crippen LogP contribution >= 0.6 is 0 Å². The summed E-state index contributed by atoms with van der Waals surface area (Å²) in [5.41, 5.74) is 5.17. The molecule has 5 nitrogen and oxygen atoms in total. The molecule has 0 bridgehead atoms. The van der Waals surface area contributed by atoms with Crippen molar-refractivity contribution in [2.75, 3.05) is 13.2 Å². The van der Waals surface area contributed by atoms with Crippen LogP contribution in [-0.4, -0.2) is 34.8 Å². The smallest absolute Gasteiger partial charge is 0.170 e. The highest BCUT2D eigenvalue weighted by molar-refractivity contribution is 4.96. The van der Waals surface area contributed by atoms with E-state index in [4.69, 9.17) is 25.8 Å². The summed E-state index contributed by atoms with van der Waals surface area (Å²) >= 11 is 0. The average molecular weight is 163 g/mol. The van der Waals surface area contributed by atoms with Crippen LogP contribution in [0.3, 0.4) is 0 Å². The molecule has 0 radical (unpaired) electrons. The van der Waals surface area contributed by atoms with Crippen LogP contribution in [0.1, 0.15) is 6.92 Å². The largest absolute Gasteiger partial charge is 0.507 e. The molecule has 0 aliphatic rings. The molecule has 66 valence electrons. The minimum Gasteiger partial charge on any atom is -0.507 e. The van der Waals surface area contributed by atoms with Gasteiger partial charge >= 0.3 is 0 Å². The minimum absolute atomic E-state index is 0.119. The second kappa shape index (κ2) is 4.95. The van der Waals surface area contributed by atoms with Gasteiger partial charge in [-0.05, 0) is 6.92 Å². The average Bonchev–Trinajstić information content (AvgIpc) is 2.02. The van der Waals surface area contributed by atoms with Crippen LogP contribution in [0.5, 0.6) is 0 Å². The van der Waals surface area contributed by atoms with Crippen LogP contribution in [0.25, 0.3) is 0 Å². The van der Waals surface area contributed by atoms with Crippen molar-refractivity contribution in [1.82, 2.24) is 0 Å². The van der Waals surface area contributed by atoms with Crippen LogP contribution < -0.4 is 5.73 Å². The molecule has 11 heavy (non-hydrogen) atoms. The fraction of sp³-hybridized carbons (Fsp3) is 0.667. The predicted octanol–water partition coefficient (Wildman–Crippen LogP) is -0.938. The second-order valence-electron chi connectivity index (χ2n) is 2.00. The summed E-state index contributed by atoms with van der Waals surface area (Å²) < 4.78 is 4.75. The normalized spacial score (nSPS) is 15.6. The Morgan fingerprint density at radius 3 is 2.45 bits per heavy atom. The first-order valence-corrected chi connectivity index (χ1v) is 3.14. The third-order valence-electron chi connectivity index (χ3n) is 1.06. The Labute approximate surface area is 64.7 Å². The monoisotopic (exact) mass is 163 g/mol. The lowest BCUT2D eigenvalue weighted by molar-refractivity contribution is 0.0543. The predicted molar refractivity (Wildman–Crippen MR) is 38.6 cm³/mol. The van der Waals surface area contributed by atoms with Gasteiger partial charge in [0.2, 0.25) is 0 Å². The summed E-state index contributed by atoms with van der Waals surface area (Å²) in [4.78, 5) is 0. The van der Waals surface area contributed by atoms with Crippen LogP contribution in [-0.2, 0) is 4.74 Å². The zero-order chi connectivity index (χ0) is 8.85. The Hall–Kier alpha value is -0.780. The fourth-order valence-electron chi connectivity index (χ4n) is 0.444. The fourth-order valence-corrected chi connectivity index (χ4v) is 0.444. The summed E-state index contributed by atoms with van der Waals surface area (Å²) in [6, 6.07) is 0. The molecule has 0 rings (SSSR count). The molecule has 0 aromatic heterocycles. The molecule has 5 heteroatoms. The van der Waals surface area contributed by atoms with Gasteiger partial charge in [-0.3, -0.25) is 5.73 Å². The maximum atomic E-state index is 8.84. The van der Waals surface area contributed by atoms with Crippen LogP contribution in [0.15, 0.2) is 11.5 Å².